The second-order valence-corrected chi connectivity index (χ2v) is 9.45. The van der Waals surface area contributed by atoms with Crippen LogP contribution in [0, 0.1) is 0 Å². The van der Waals surface area contributed by atoms with E-state index in [4.69, 9.17) is 0 Å². The molecule has 1 atom stereocenters. The van der Waals surface area contributed by atoms with Crippen LogP contribution in [0.5, 0.6) is 0 Å². The fourth-order valence-corrected chi connectivity index (χ4v) is 5.56. The number of aryl methyl sites for hydroxylation is 2. The van der Waals surface area contributed by atoms with Crippen molar-refractivity contribution in [2.45, 2.75) is 64.8 Å². The molecule has 4 rings (SSSR count). The Morgan fingerprint density at radius 1 is 1.25 bits per heavy atom. The number of hydrogen-bond acceptors (Lipinski definition) is 7. The summed E-state index contributed by atoms with van der Waals surface area (Å²) in [5.41, 5.74) is 1.02. The number of nitrogens with zero attached hydrogens (tertiary/aromatic N) is 4. The topological polar surface area (TPSA) is 89.8 Å². The van der Waals surface area contributed by atoms with Crippen molar-refractivity contribution in [2.75, 3.05) is 5.32 Å². The number of rotatable bonds is 5. The quantitative estimate of drug-likeness (QED) is 0.680. The third-order valence-electron chi connectivity index (χ3n) is 5.09. The highest BCUT2D eigenvalue weighted by Gasteiger charge is 2.25. The molecule has 0 saturated carbocycles. The van der Waals surface area contributed by atoms with E-state index in [1.165, 1.54) is 27.1 Å². The van der Waals surface area contributed by atoms with Gasteiger partial charge in [0.15, 0.2) is 0 Å². The molecule has 3 aromatic rings. The molecule has 1 aliphatic rings. The number of thiophene rings is 1. The summed E-state index contributed by atoms with van der Waals surface area (Å²) in [5, 5.41) is 13.0. The van der Waals surface area contributed by atoms with E-state index in [1.54, 1.807) is 11.3 Å². The zero-order chi connectivity index (χ0) is 19.8. The Bertz CT molecular complexity index is 1080. The van der Waals surface area contributed by atoms with Crippen LogP contribution >= 0.6 is 22.7 Å². The van der Waals surface area contributed by atoms with Gasteiger partial charge in [0.1, 0.15) is 15.9 Å². The van der Waals surface area contributed by atoms with E-state index in [0.29, 0.717) is 16.9 Å². The van der Waals surface area contributed by atoms with Crippen molar-refractivity contribution in [1.29, 1.82) is 0 Å². The molecule has 3 heterocycles. The average Bonchev–Trinajstić information content (AvgIpc) is 3.28. The monoisotopic (exact) mass is 417 g/mol. The number of anilines is 1. The number of nitrogens with one attached hydrogen (secondary N) is 1. The lowest BCUT2D eigenvalue weighted by Crippen LogP contribution is -2.33. The van der Waals surface area contributed by atoms with E-state index >= 15 is 0 Å². The standard InChI is InChI=1S/C19H23N5O2S2/c1-4-12(15(25)21-19-23-22-16(28-19)10(2)3)24-9-20-17-14(18(24)26)11-7-5-6-8-13(11)27-17/h9-10,12H,4-8H2,1-3H3,(H,21,23,25). The summed E-state index contributed by atoms with van der Waals surface area (Å²) in [7, 11) is 0. The van der Waals surface area contributed by atoms with Gasteiger partial charge in [0, 0.05) is 10.8 Å². The minimum atomic E-state index is -0.630. The van der Waals surface area contributed by atoms with Gasteiger partial charge < -0.3 is 0 Å². The van der Waals surface area contributed by atoms with Crippen molar-refractivity contribution < 1.29 is 4.79 Å². The molecule has 148 valence electrons. The van der Waals surface area contributed by atoms with Crippen molar-refractivity contribution in [2.24, 2.45) is 0 Å². The second kappa shape index (κ2) is 7.71. The summed E-state index contributed by atoms with van der Waals surface area (Å²) in [5.74, 6) is -0.00887. The van der Waals surface area contributed by atoms with Gasteiger partial charge in [-0.15, -0.1) is 21.5 Å². The molecule has 0 saturated heterocycles. The lowest BCUT2D eigenvalue weighted by atomic mass is 9.97. The SMILES string of the molecule is CCC(C(=O)Nc1nnc(C(C)C)s1)n1cnc2sc3c(c2c1=O)CCCC3. The molecule has 1 amide bonds. The van der Waals surface area contributed by atoms with Crippen LogP contribution in [0.15, 0.2) is 11.1 Å². The van der Waals surface area contributed by atoms with Gasteiger partial charge in [0.05, 0.1) is 11.7 Å². The number of hydrogen-bond donors (Lipinski definition) is 1. The minimum Gasteiger partial charge on any atom is -0.299 e. The summed E-state index contributed by atoms with van der Waals surface area (Å²) in [6.45, 7) is 5.95. The van der Waals surface area contributed by atoms with Gasteiger partial charge in [0.25, 0.3) is 5.56 Å². The molecule has 28 heavy (non-hydrogen) atoms. The molecule has 0 fully saturated rings. The molecule has 1 N–H and O–H groups in total. The van der Waals surface area contributed by atoms with Gasteiger partial charge >= 0.3 is 0 Å². The van der Waals surface area contributed by atoms with Crippen LogP contribution in [-0.2, 0) is 17.6 Å². The molecule has 1 unspecified atom stereocenters. The highest BCUT2D eigenvalue weighted by Crippen LogP contribution is 2.33. The van der Waals surface area contributed by atoms with Gasteiger partial charge in [-0.25, -0.2) is 4.98 Å². The number of amides is 1. The number of carbonyl (C=O) groups is 1. The number of fused-ring (bicyclic) bond motifs is 3. The summed E-state index contributed by atoms with van der Waals surface area (Å²) < 4.78 is 1.48. The zero-order valence-corrected chi connectivity index (χ0v) is 17.8. The second-order valence-electron chi connectivity index (χ2n) is 7.36. The fraction of sp³-hybridized carbons (Fsp3) is 0.526. The highest BCUT2D eigenvalue weighted by molar-refractivity contribution is 7.18. The zero-order valence-electron chi connectivity index (χ0n) is 16.2. The van der Waals surface area contributed by atoms with Crippen molar-refractivity contribution in [3.63, 3.8) is 0 Å². The van der Waals surface area contributed by atoms with Crippen molar-refractivity contribution >= 4 is 43.9 Å². The molecular formula is C19H23N5O2S2. The van der Waals surface area contributed by atoms with Gasteiger partial charge in [-0.1, -0.05) is 32.1 Å². The van der Waals surface area contributed by atoms with E-state index in [0.717, 1.165) is 41.1 Å². The number of carbonyl (C=O) groups excluding carboxylic acids is 1. The predicted octanol–water partition coefficient (Wildman–Crippen LogP) is 3.90. The number of aromatic nitrogens is 4. The molecule has 0 bridgehead atoms. The first kappa shape index (κ1) is 19.2. The summed E-state index contributed by atoms with van der Waals surface area (Å²) >= 11 is 2.98. The van der Waals surface area contributed by atoms with Crippen LogP contribution in [0.4, 0.5) is 5.13 Å². The molecule has 0 aromatic carbocycles. The van der Waals surface area contributed by atoms with E-state index in [2.05, 4.69) is 20.5 Å². The summed E-state index contributed by atoms with van der Waals surface area (Å²) in [4.78, 5) is 32.7. The van der Waals surface area contributed by atoms with Gasteiger partial charge in [-0.3, -0.25) is 19.5 Å². The molecule has 7 nitrogen and oxygen atoms in total. The molecule has 0 spiro atoms. The molecule has 9 heteroatoms. The lowest BCUT2D eigenvalue weighted by molar-refractivity contribution is -0.119. The van der Waals surface area contributed by atoms with Crippen LogP contribution in [0.25, 0.3) is 10.2 Å². The molecule has 0 radical (unpaired) electrons. The van der Waals surface area contributed by atoms with E-state index in [9.17, 15) is 9.59 Å². The first-order chi connectivity index (χ1) is 13.5. The van der Waals surface area contributed by atoms with E-state index in [-0.39, 0.29) is 17.4 Å². The lowest BCUT2D eigenvalue weighted by Gasteiger charge is -2.17. The van der Waals surface area contributed by atoms with Crippen LogP contribution in [0.1, 0.15) is 67.4 Å². The first-order valence-corrected chi connectivity index (χ1v) is 11.3. The van der Waals surface area contributed by atoms with Crippen LogP contribution in [-0.4, -0.2) is 25.7 Å². The Morgan fingerprint density at radius 3 is 2.75 bits per heavy atom. The molecule has 0 aliphatic heterocycles. The van der Waals surface area contributed by atoms with Gasteiger partial charge in [-0.2, -0.15) is 0 Å². The van der Waals surface area contributed by atoms with Crippen molar-refractivity contribution in [3.05, 3.63) is 32.1 Å². The maximum absolute atomic E-state index is 13.2. The first-order valence-electron chi connectivity index (χ1n) is 9.65. The Balaban J connectivity index is 1.67. The van der Waals surface area contributed by atoms with Crippen molar-refractivity contribution in [1.82, 2.24) is 19.7 Å². The largest absolute Gasteiger partial charge is 0.299 e. The van der Waals surface area contributed by atoms with Gasteiger partial charge in [0.2, 0.25) is 11.0 Å². The Kier molecular flexibility index (Phi) is 5.29. The van der Waals surface area contributed by atoms with E-state index < -0.39 is 6.04 Å². The summed E-state index contributed by atoms with van der Waals surface area (Å²) in [6.07, 6.45) is 6.19. The van der Waals surface area contributed by atoms with Gasteiger partial charge in [-0.05, 0) is 37.7 Å². The third-order valence-corrected chi connectivity index (χ3v) is 7.43. The maximum atomic E-state index is 13.2. The van der Waals surface area contributed by atoms with Crippen LogP contribution in [0.2, 0.25) is 0 Å². The smallest absolute Gasteiger partial charge is 0.263 e. The molecular weight excluding hydrogens is 394 g/mol. The maximum Gasteiger partial charge on any atom is 0.263 e. The average molecular weight is 418 g/mol. The fourth-order valence-electron chi connectivity index (χ4n) is 3.60. The minimum absolute atomic E-state index is 0.119. The van der Waals surface area contributed by atoms with Crippen LogP contribution in [0.3, 0.4) is 0 Å². The molecule has 1 aliphatic carbocycles. The van der Waals surface area contributed by atoms with E-state index in [1.807, 2.05) is 20.8 Å². The molecule has 3 aromatic heterocycles. The highest BCUT2D eigenvalue weighted by atomic mass is 32.1. The van der Waals surface area contributed by atoms with Crippen molar-refractivity contribution in [3.8, 4) is 0 Å². The Hall–Kier alpha value is -2.13. The summed E-state index contributed by atoms with van der Waals surface area (Å²) in [6, 6.07) is -0.630. The van der Waals surface area contributed by atoms with Crippen LogP contribution < -0.4 is 10.9 Å². The normalized spacial score (nSPS) is 15.0. The predicted molar refractivity (Wildman–Crippen MR) is 112 cm³/mol. The Morgan fingerprint density at radius 2 is 2.04 bits per heavy atom. The Labute approximate surface area is 170 Å². The third kappa shape index (κ3) is 3.37.